The number of hydrogen-bond acceptors (Lipinski definition) is 0. The first kappa shape index (κ1) is 7.20. The zero-order valence-corrected chi connectivity index (χ0v) is 7.86. The zero-order valence-electron chi connectivity index (χ0n) is 3.54. The van der Waals surface area contributed by atoms with Crippen molar-refractivity contribution >= 4 is 45.2 Å². The Morgan fingerprint density at radius 2 is 2.33 bits per heavy atom. The molecule has 6 heavy (non-hydrogen) atoms. The average Bonchev–Trinajstić information content (AvgIpc) is 1.65. The molecule has 0 unspecified atom stereocenters. The van der Waals surface area contributed by atoms with Crippen LogP contribution >= 0.6 is 45.2 Å². The van der Waals surface area contributed by atoms with Gasteiger partial charge in [-0.2, -0.15) is 0 Å². The van der Waals surface area contributed by atoms with Crippen molar-refractivity contribution in [3.05, 3.63) is 9.66 Å². The first-order chi connectivity index (χ1) is 2.81. The Hall–Kier alpha value is 1.20. The third-order valence-electron chi connectivity index (χ3n) is 0.441. The van der Waals surface area contributed by atoms with Crippen LogP contribution in [0, 0.1) is 0 Å². The fourth-order valence-electron chi connectivity index (χ4n) is 0.0772. The number of rotatable bonds is 1. The normalized spacial score (nSPS) is 12.2. The van der Waals surface area contributed by atoms with Crippen LogP contribution < -0.4 is 0 Å². The Morgan fingerprint density at radius 3 is 2.33 bits per heavy atom. The van der Waals surface area contributed by atoms with E-state index in [-0.39, 0.29) is 0 Å². The predicted molar refractivity (Wildman–Crippen MR) is 46.7 cm³/mol. The largest absolute Gasteiger partial charge is 0.0807 e. The van der Waals surface area contributed by atoms with Crippen LogP contribution in [-0.2, 0) is 0 Å². The van der Waals surface area contributed by atoms with Crippen LogP contribution in [0.2, 0.25) is 0 Å². The molecule has 0 aliphatic carbocycles. The van der Waals surface area contributed by atoms with E-state index in [1.807, 2.05) is 0 Å². The second-order valence-corrected chi connectivity index (χ2v) is 3.02. The summed E-state index contributed by atoms with van der Waals surface area (Å²) in [5.74, 6) is 0. The van der Waals surface area contributed by atoms with Crippen LogP contribution in [0.15, 0.2) is 9.66 Å². The van der Waals surface area contributed by atoms with Gasteiger partial charge in [0.15, 0.2) is 0 Å². The van der Waals surface area contributed by atoms with Crippen LogP contribution in [0.4, 0.5) is 0 Å². The maximum atomic E-state index is 2.34. The maximum Gasteiger partial charge on any atom is 0.0301 e. The summed E-state index contributed by atoms with van der Waals surface area (Å²) < 4.78 is 2.57. The fourth-order valence-corrected chi connectivity index (χ4v) is 0.518. The molecule has 0 atom stereocenters. The van der Waals surface area contributed by atoms with Crippen LogP contribution in [0.1, 0.15) is 6.92 Å². The van der Waals surface area contributed by atoms with E-state index >= 15 is 0 Å². The minimum absolute atomic E-state index is 1.15. The molecule has 0 aliphatic rings. The van der Waals surface area contributed by atoms with Crippen molar-refractivity contribution in [3.63, 3.8) is 0 Å². The molecule has 0 aliphatic heterocycles. The topological polar surface area (TPSA) is 0 Å². The van der Waals surface area contributed by atoms with Crippen molar-refractivity contribution in [1.29, 1.82) is 0 Å². The lowest BCUT2D eigenvalue weighted by atomic mass is 10.6. The van der Waals surface area contributed by atoms with Crippen LogP contribution in [-0.4, -0.2) is 4.43 Å². The van der Waals surface area contributed by atoms with E-state index in [0.717, 1.165) is 4.43 Å². The van der Waals surface area contributed by atoms with Gasteiger partial charge in [-0.15, -0.1) is 0 Å². The Morgan fingerprint density at radius 1 is 1.83 bits per heavy atom. The summed E-state index contributed by atoms with van der Waals surface area (Å²) in [6.45, 7) is 2.06. The minimum atomic E-state index is 1.15. The first-order valence-electron chi connectivity index (χ1n) is 1.68. The van der Waals surface area contributed by atoms with Gasteiger partial charge in [0, 0.05) is 4.43 Å². The van der Waals surface area contributed by atoms with E-state index in [9.17, 15) is 0 Å². The quantitative estimate of drug-likeness (QED) is 0.516. The molecular formula is C4H6I2. The Labute approximate surface area is 65.7 Å². The summed E-state index contributed by atoms with van der Waals surface area (Å²) in [7, 11) is 0. The molecule has 0 bridgehead atoms. The molecule has 0 N–H and O–H groups in total. The Bertz CT molecular complexity index is 56.6. The molecule has 0 rings (SSSR count). The number of hydrogen-bond donors (Lipinski definition) is 0. The lowest BCUT2D eigenvalue weighted by Crippen LogP contribution is -1.63. The number of halogens is 2. The highest BCUT2D eigenvalue weighted by molar-refractivity contribution is 14.1. The van der Waals surface area contributed by atoms with Gasteiger partial charge in [0.05, 0.1) is 0 Å². The van der Waals surface area contributed by atoms with E-state index in [2.05, 4.69) is 58.2 Å². The summed E-state index contributed by atoms with van der Waals surface area (Å²) in [6.07, 6.45) is 2.12. The van der Waals surface area contributed by atoms with Gasteiger partial charge >= 0.3 is 0 Å². The monoisotopic (exact) mass is 308 g/mol. The molecule has 0 amide bonds. The van der Waals surface area contributed by atoms with E-state index in [1.54, 1.807) is 0 Å². The molecule has 0 spiro atoms. The van der Waals surface area contributed by atoms with Crippen molar-refractivity contribution < 1.29 is 0 Å². The van der Waals surface area contributed by atoms with Gasteiger partial charge in [-0.1, -0.05) is 28.7 Å². The fraction of sp³-hybridized carbons (Fsp3) is 0.500. The predicted octanol–water partition coefficient (Wildman–Crippen LogP) is 2.76. The third kappa shape index (κ3) is 3.39. The molecular weight excluding hydrogens is 302 g/mol. The number of alkyl halides is 1. The first-order valence-corrected chi connectivity index (χ1v) is 4.28. The lowest BCUT2D eigenvalue weighted by molar-refractivity contribution is 1.67. The van der Waals surface area contributed by atoms with Crippen LogP contribution in [0.5, 0.6) is 0 Å². The van der Waals surface area contributed by atoms with E-state index < -0.39 is 0 Å². The van der Waals surface area contributed by atoms with Crippen LogP contribution in [0.25, 0.3) is 0 Å². The summed E-state index contributed by atoms with van der Waals surface area (Å²) in [5, 5.41) is 0. The molecule has 0 nitrogen and oxygen atoms in total. The van der Waals surface area contributed by atoms with Crippen molar-refractivity contribution in [3.8, 4) is 0 Å². The zero-order chi connectivity index (χ0) is 4.99. The standard InChI is InChI=1S/C4H6I2/c1-2-4(6)3-5/h2H,3H2,1H3/b4-2-. The molecule has 0 fully saturated rings. The van der Waals surface area contributed by atoms with Gasteiger partial charge < -0.3 is 0 Å². The smallest absolute Gasteiger partial charge is 0.0301 e. The van der Waals surface area contributed by atoms with Gasteiger partial charge in [0.1, 0.15) is 0 Å². The summed E-state index contributed by atoms with van der Waals surface area (Å²) in [5.41, 5.74) is 0. The Kier molecular flexibility index (Phi) is 5.23. The molecule has 0 radical (unpaired) electrons. The molecule has 2 heteroatoms. The summed E-state index contributed by atoms with van der Waals surface area (Å²) in [6, 6.07) is 0. The van der Waals surface area contributed by atoms with Crippen molar-refractivity contribution in [2.45, 2.75) is 6.92 Å². The summed E-state index contributed by atoms with van der Waals surface area (Å²) in [4.78, 5) is 0. The highest BCUT2D eigenvalue weighted by Gasteiger charge is 1.77. The second kappa shape index (κ2) is 4.36. The van der Waals surface area contributed by atoms with Gasteiger partial charge in [-0.25, -0.2) is 0 Å². The molecule has 0 saturated carbocycles. The highest BCUT2D eigenvalue weighted by Crippen LogP contribution is 2.07. The van der Waals surface area contributed by atoms with E-state index in [0.29, 0.717) is 0 Å². The second-order valence-electron chi connectivity index (χ2n) is 0.869. The molecule has 0 aromatic heterocycles. The molecule has 0 saturated heterocycles. The van der Waals surface area contributed by atoms with Crippen molar-refractivity contribution in [1.82, 2.24) is 0 Å². The van der Waals surface area contributed by atoms with E-state index in [4.69, 9.17) is 0 Å². The van der Waals surface area contributed by atoms with Gasteiger partial charge in [-0.3, -0.25) is 0 Å². The average molecular weight is 308 g/mol. The highest BCUT2D eigenvalue weighted by atomic mass is 127. The van der Waals surface area contributed by atoms with Gasteiger partial charge in [-0.05, 0) is 33.1 Å². The Balaban J connectivity index is 3.22. The summed E-state index contributed by atoms with van der Waals surface area (Å²) >= 11 is 4.66. The van der Waals surface area contributed by atoms with Crippen molar-refractivity contribution in [2.75, 3.05) is 4.43 Å². The molecule has 0 heterocycles. The lowest BCUT2D eigenvalue weighted by Gasteiger charge is -1.80. The molecule has 36 valence electrons. The SMILES string of the molecule is C/C=C(\I)CI. The number of allylic oxidation sites excluding steroid dienone is 2. The minimum Gasteiger partial charge on any atom is -0.0807 e. The van der Waals surface area contributed by atoms with Crippen LogP contribution in [0.3, 0.4) is 0 Å². The third-order valence-corrected chi connectivity index (χ3v) is 3.73. The van der Waals surface area contributed by atoms with Crippen molar-refractivity contribution in [2.24, 2.45) is 0 Å². The molecule has 0 aromatic rings. The maximum absolute atomic E-state index is 2.34. The van der Waals surface area contributed by atoms with E-state index in [1.165, 1.54) is 3.58 Å². The molecule has 0 aromatic carbocycles. The van der Waals surface area contributed by atoms with Gasteiger partial charge in [0.2, 0.25) is 0 Å². The van der Waals surface area contributed by atoms with Gasteiger partial charge in [0.25, 0.3) is 0 Å².